The van der Waals surface area contributed by atoms with Crippen molar-refractivity contribution in [3.8, 4) is 5.75 Å². The third kappa shape index (κ3) is 4.17. The summed E-state index contributed by atoms with van der Waals surface area (Å²) in [5.74, 6) is 1.76. The van der Waals surface area contributed by atoms with Gasteiger partial charge in [0.25, 0.3) is 0 Å². The van der Waals surface area contributed by atoms with Gasteiger partial charge < -0.3 is 14.4 Å². The molecule has 2 aliphatic heterocycles. The Labute approximate surface area is 151 Å². The Balaban J connectivity index is 1.27. The molecule has 1 aromatic rings. The number of rotatable bonds is 6. The van der Waals surface area contributed by atoms with E-state index in [4.69, 9.17) is 14.5 Å². The van der Waals surface area contributed by atoms with Crippen LogP contribution in [0.3, 0.4) is 0 Å². The molecule has 0 unspecified atom stereocenters. The molecule has 0 aromatic heterocycles. The summed E-state index contributed by atoms with van der Waals surface area (Å²) in [6, 6.07) is 8.25. The van der Waals surface area contributed by atoms with Crippen LogP contribution in [0.25, 0.3) is 0 Å². The molecule has 4 rings (SSSR count). The van der Waals surface area contributed by atoms with Gasteiger partial charge in [0.2, 0.25) is 5.90 Å². The standard InChI is InChI=1S/C21H30N2O2/c1-2-11-21(12-3-1)17-25-20(22-21)18-7-9-19(10-8-18)24-16-6-15-23-13-4-5-14-23/h7-10H,1-6,11-17H2. The predicted molar refractivity (Wildman–Crippen MR) is 101 cm³/mol. The summed E-state index contributed by atoms with van der Waals surface area (Å²) in [5, 5.41) is 0. The van der Waals surface area contributed by atoms with Gasteiger partial charge in [-0.2, -0.15) is 0 Å². The van der Waals surface area contributed by atoms with Gasteiger partial charge in [0.1, 0.15) is 12.4 Å². The molecule has 0 N–H and O–H groups in total. The zero-order chi connectivity index (χ0) is 17.0. The van der Waals surface area contributed by atoms with Crippen molar-refractivity contribution in [2.75, 3.05) is 32.8 Å². The number of hydrogen-bond donors (Lipinski definition) is 0. The van der Waals surface area contributed by atoms with Gasteiger partial charge in [-0.3, -0.25) is 0 Å². The van der Waals surface area contributed by atoms with Gasteiger partial charge in [0, 0.05) is 12.1 Å². The molecule has 1 spiro atoms. The van der Waals surface area contributed by atoms with Gasteiger partial charge >= 0.3 is 0 Å². The second-order valence-corrected chi connectivity index (χ2v) is 7.77. The van der Waals surface area contributed by atoms with E-state index >= 15 is 0 Å². The van der Waals surface area contributed by atoms with E-state index in [1.54, 1.807) is 0 Å². The molecule has 1 saturated carbocycles. The van der Waals surface area contributed by atoms with Crippen LogP contribution in [0, 0.1) is 0 Å². The maximum absolute atomic E-state index is 5.93. The molecule has 25 heavy (non-hydrogen) atoms. The maximum atomic E-state index is 5.93. The molecule has 2 heterocycles. The summed E-state index contributed by atoms with van der Waals surface area (Å²) in [6.07, 6.45) is 10.1. The van der Waals surface area contributed by atoms with Crippen LogP contribution in [-0.2, 0) is 4.74 Å². The first-order valence-electron chi connectivity index (χ1n) is 10.0. The third-order valence-electron chi connectivity index (χ3n) is 5.79. The van der Waals surface area contributed by atoms with Gasteiger partial charge in [0.05, 0.1) is 12.1 Å². The van der Waals surface area contributed by atoms with Gasteiger partial charge in [-0.05, 0) is 69.5 Å². The van der Waals surface area contributed by atoms with Crippen LogP contribution in [-0.4, -0.2) is 49.2 Å². The van der Waals surface area contributed by atoms with Crippen LogP contribution in [0.5, 0.6) is 5.75 Å². The van der Waals surface area contributed by atoms with Crippen molar-refractivity contribution < 1.29 is 9.47 Å². The Morgan fingerprint density at radius 2 is 1.76 bits per heavy atom. The fraction of sp³-hybridized carbons (Fsp3) is 0.667. The highest BCUT2D eigenvalue weighted by Crippen LogP contribution is 2.36. The molecule has 0 radical (unpaired) electrons. The Hall–Kier alpha value is -1.55. The van der Waals surface area contributed by atoms with Crippen molar-refractivity contribution in [1.29, 1.82) is 0 Å². The van der Waals surface area contributed by atoms with Crippen LogP contribution in [0.2, 0.25) is 0 Å². The lowest BCUT2D eigenvalue weighted by molar-refractivity contribution is 0.207. The minimum Gasteiger partial charge on any atom is -0.494 e. The van der Waals surface area contributed by atoms with E-state index in [9.17, 15) is 0 Å². The molecule has 1 saturated heterocycles. The van der Waals surface area contributed by atoms with Crippen molar-refractivity contribution in [2.45, 2.75) is 56.9 Å². The Morgan fingerprint density at radius 3 is 2.52 bits per heavy atom. The zero-order valence-electron chi connectivity index (χ0n) is 15.2. The molecule has 4 heteroatoms. The quantitative estimate of drug-likeness (QED) is 0.732. The molecule has 136 valence electrons. The molecule has 3 aliphatic rings. The number of nitrogens with zero attached hydrogens (tertiary/aromatic N) is 2. The highest BCUT2D eigenvalue weighted by atomic mass is 16.5. The van der Waals surface area contributed by atoms with E-state index in [0.717, 1.165) is 43.4 Å². The van der Waals surface area contributed by atoms with E-state index in [1.165, 1.54) is 58.0 Å². The van der Waals surface area contributed by atoms with Crippen molar-refractivity contribution in [3.05, 3.63) is 29.8 Å². The maximum Gasteiger partial charge on any atom is 0.216 e. The molecule has 1 aliphatic carbocycles. The third-order valence-corrected chi connectivity index (χ3v) is 5.79. The highest BCUT2D eigenvalue weighted by molar-refractivity contribution is 5.95. The average Bonchev–Trinajstić information content (AvgIpc) is 3.31. The lowest BCUT2D eigenvalue weighted by Crippen LogP contribution is -2.30. The van der Waals surface area contributed by atoms with Crippen molar-refractivity contribution in [2.24, 2.45) is 4.99 Å². The van der Waals surface area contributed by atoms with E-state index in [-0.39, 0.29) is 5.54 Å². The number of benzene rings is 1. The minimum atomic E-state index is 0.0678. The SMILES string of the molecule is c1cc(C2=NC3(CCCCC3)CO2)ccc1OCCCN1CCCC1. The number of hydrogen-bond acceptors (Lipinski definition) is 4. The minimum absolute atomic E-state index is 0.0678. The van der Waals surface area contributed by atoms with E-state index < -0.39 is 0 Å². The van der Waals surface area contributed by atoms with E-state index in [2.05, 4.69) is 17.0 Å². The first-order valence-corrected chi connectivity index (χ1v) is 10.0. The molecule has 2 fully saturated rings. The van der Waals surface area contributed by atoms with Crippen molar-refractivity contribution >= 4 is 5.90 Å². The molecular weight excluding hydrogens is 312 g/mol. The molecular formula is C21H30N2O2. The van der Waals surface area contributed by atoms with Crippen molar-refractivity contribution in [3.63, 3.8) is 0 Å². The average molecular weight is 342 g/mol. The van der Waals surface area contributed by atoms with Gasteiger partial charge in [-0.25, -0.2) is 4.99 Å². The number of ether oxygens (including phenoxy) is 2. The lowest BCUT2D eigenvalue weighted by Gasteiger charge is -2.27. The van der Waals surface area contributed by atoms with Crippen LogP contribution in [0.15, 0.2) is 29.3 Å². The predicted octanol–water partition coefficient (Wildman–Crippen LogP) is 4.03. The summed E-state index contributed by atoms with van der Waals surface area (Å²) in [7, 11) is 0. The Bertz CT molecular complexity index is 584. The largest absolute Gasteiger partial charge is 0.494 e. The second-order valence-electron chi connectivity index (χ2n) is 7.77. The summed E-state index contributed by atoms with van der Waals surface area (Å²) in [4.78, 5) is 7.48. The summed E-state index contributed by atoms with van der Waals surface area (Å²) in [6.45, 7) is 5.23. The first kappa shape index (κ1) is 16.9. The first-order chi connectivity index (χ1) is 12.3. The van der Waals surface area contributed by atoms with Crippen LogP contribution < -0.4 is 4.74 Å². The van der Waals surface area contributed by atoms with Crippen LogP contribution in [0.4, 0.5) is 0 Å². The fourth-order valence-electron chi connectivity index (χ4n) is 4.27. The van der Waals surface area contributed by atoms with Crippen molar-refractivity contribution in [1.82, 2.24) is 4.90 Å². The molecule has 0 bridgehead atoms. The zero-order valence-corrected chi connectivity index (χ0v) is 15.2. The topological polar surface area (TPSA) is 34.1 Å². The van der Waals surface area contributed by atoms with Gasteiger partial charge in [-0.1, -0.05) is 19.3 Å². The summed E-state index contributed by atoms with van der Waals surface area (Å²) in [5.41, 5.74) is 1.14. The Kier molecular flexibility index (Phi) is 5.25. The highest BCUT2D eigenvalue weighted by Gasteiger charge is 2.37. The normalized spacial score (nSPS) is 22.8. The second kappa shape index (κ2) is 7.77. The molecule has 4 nitrogen and oxygen atoms in total. The summed E-state index contributed by atoms with van der Waals surface area (Å²) < 4.78 is 11.8. The number of aliphatic imine (C=N–C) groups is 1. The van der Waals surface area contributed by atoms with Gasteiger partial charge in [0.15, 0.2) is 0 Å². The molecule has 0 atom stereocenters. The van der Waals surface area contributed by atoms with Crippen LogP contribution in [0.1, 0.15) is 56.9 Å². The summed E-state index contributed by atoms with van der Waals surface area (Å²) >= 11 is 0. The van der Waals surface area contributed by atoms with E-state index in [1.807, 2.05) is 12.1 Å². The fourth-order valence-corrected chi connectivity index (χ4v) is 4.27. The molecule has 0 amide bonds. The van der Waals surface area contributed by atoms with Crippen LogP contribution >= 0.6 is 0 Å². The smallest absolute Gasteiger partial charge is 0.216 e. The number of likely N-dealkylation sites (tertiary alicyclic amines) is 1. The Morgan fingerprint density at radius 1 is 1.00 bits per heavy atom. The van der Waals surface area contributed by atoms with Gasteiger partial charge in [-0.15, -0.1) is 0 Å². The van der Waals surface area contributed by atoms with E-state index in [0.29, 0.717) is 0 Å². The molecule has 1 aromatic carbocycles. The monoisotopic (exact) mass is 342 g/mol. The lowest BCUT2D eigenvalue weighted by atomic mass is 9.83.